The van der Waals surface area contributed by atoms with E-state index in [1.165, 1.54) is 0 Å². The maximum atomic E-state index is 11.9. The molecule has 1 N–H and O–H groups in total. The first-order chi connectivity index (χ1) is 9.20. The Bertz CT molecular complexity index is 538. The Morgan fingerprint density at radius 3 is 2.00 bits per heavy atom. The molecule has 98 valence electrons. The van der Waals surface area contributed by atoms with Crippen molar-refractivity contribution in [2.75, 3.05) is 0 Å². The summed E-state index contributed by atoms with van der Waals surface area (Å²) in [6, 6.07) is 14.7. The van der Waals surface area contributed by atoms with Crippen molar-refractivity contribution >= 4 is 5.78 Å². The summed E-state index contributed by atoms with van der Waals surface area (Å²) in [5, 5.41) is 9.26. The van der Waals surface area contributed by atoms with Crippen molar-refractivity contribution < 1.29 is 9.90 Å². The molecular weight excluding hydrogens is 236 g/mol. The van der Waals surface area contributed by atoms with Crippen LogP contribution in [0, 0.1) is 0 Å². The number of hydrogen-bond acceptors (Lipinski definition) is 2. The Hall–Kier alpha value is -2.09. The van der Waals surface area contributed by atoms with Gasteiger partial charge in [0.15, 0.2) is 5.78 Å². The van der Waals surface area contributed by atoms with Gasteiger partial charge in [0.05, 0.1) is 0 Å². The number of hydrogen-bond donors (Lipinski definition) is 1. The monoisotopic (exact) mass is 254 g/mol. The number of phenolic OH excluding ortho intramolecular Hbond substituents is 1. The molecule has 0 bridgehead atoms. The van der Waals surface area contributed by atoms with Gasteiger partial charge < -0.3 is 5.11 Å². The van der Waals surface area contributed by atoms with E-state index in [0.29, 0.717) is 6.42 Å². The van der Waals surface area contributed by atoms with Crippen molar-refractivity contribution in [2.45, 2.75) is 26.2 Å². The van der Waals surface area contributed by atoms with Crippen molar-refractivity contribution in [3.63, 3.8) is 0 Å². The molecule has 2 aromatic carbocycles. The summed E-state index contributed by atoms with van der Waals surface area (Å²) in [6.07, 6.45) is 2.60. The van der Waals surface area contributed by atoms with E-state index in [1.54, 1.807) is 12.1 Å². The molecule has 0 saturated heterocycles. The van der Waals surface area contributed by atoms with Crippen LogP contribution >= 0.6 is 0 Å². The van der Waals surface area contributed by atoms with Crippen LogP contribution in [0.5, 0.6) is 5.75 Å². The highest BCUT2D eigenvalue weighted by Crippen LogP contribution is 2.22. The third-order valence-electron chi connectivity index (χ3n) is 3.16. The zero-order valence-electron chi connectivity index (χ0n) is 11.1. The second-order valence-corrected chi connectivity index (χ2v) is 4.65. The van der Waals surface area contributed by atoms with Gasteiger partial charge in [-0.05, 0) is 29.7 Å². The maximum Gasteiger partial charge on any atom is 0.162 e. The van der Waals surface area contributed by atoms with Crippen LogP contribution in [-0.2, 0) is 0 Å². The van der Waals surface area contributed by atoms with Gasteiger partial charge in [0.1, 0.15) is 5.75 Å². The van der Waals surface area contributed by atoms with E-state index in [2.05, 4.69) is 6.92 Å². The van der Waals surface area contributed by atoms with Gasteiger partial charge in [-0.2, -0.15) is 0 Å². The largest absolute Gasteiger partial charge is 0.508 e. The minimum atomic E-state index is 0.208. The Labute approximate surface area is 113 Å². The van der Waals surface area contributed by atoms with Gasteiger partial charge >= 0.3 is 0 Å². The average Bonchev–Trinajstić information content (AvgIpc) is 2.46. The molecule has 2 nitrogen and oxygen atoms in total. The lowest BCUT2D eigenvalue weighted by atomic mass is 10.0. The zero-order valence-corrected chi connectivity index (χ0v) is 11.1. The van der Waals surface area contributed by atoms with E-state index in [1.807, 2.05) is 36.4 Å². The minimum absolute atomic E-state index is 0.208. The first-order valence-corrected chi connectivity index (χ1v) is 6.63. The van der Waals surface area contributed by atoms with Crippen molar-refractivity contribution in [3.05, 3.63) is 54.1 Å². The summed E-state index contributed by atoms with van der Waals surface area (Å²) >= 11 is 0. The normalized spacial score (nSPS) is 10.4. The minimum Gasteiger partial charge on any atom is -0.508 e. The third-order valence-corrected chi connectivity index (χ3v) is 3.16. The molecule has 19 heavy (non-hydrogen) atoms. The fourth-order valence-electron chi connectivity index (χ4n) is 1.98. The molecule has 0 radical (unpaired) electrons. The van der Waals surface area contributed by atoms with Crippen molar-refractivity contribution in [2.24, 2.45) is 0 Å². The lowest BCUT2D eigenvalue weighted by Gasteiger charge is -2.04. The summed E-state index contributed by atoms with van der Waals surface area (Å²) in [7, 11) is 0. The zero-order chi connectivity index (χ0) is 13.7. The highest BCUT2D eigenvalue weighted by atomic mass is 16.3. The number of Topliss-reactive ketones (excluding diaryl/α,β-unsaturated/α-hetero) is 1. The topological polar surface area (TPSA) is 37.3 Å². The number of phenols is 1. The summed E-state index contributed by atoms with van der Waals surface area (Å²) in [5.74, 6) is 0.467. The number of carbonyl (C=O) groups excluding carboxylic acids is 1. The van der Waals surface area contributed by atoms with Gasteiger partial charge in [-0.3, -0.25) is 4.79 Å². The van der Waals surface area contributed by atoms with Crippen LogP contribution in [0.25, 0.3) is 11.1 Å². The first kappa shape index (κ1) is 13.3. The van der Waals surface area contributed by atoms with E-state index in [4.69, 9.17) is 0 Å². The van der Waals surface area contributed by atoms with Gasteiger partial charge in [-0.1, -0.05) is 49.7 Å². The van der Waals surface area contributed by atoms with E-state index in [0.717, 1.165) is 29.5 Å². The molecule has 0 aliphatic rings. The predicted octanol–water partition coefficient (Wildman–Crippen LogP) is 4.43. The van der Waals surface area contributed by atoms with Crippen LogP contribution in [0.2, 0.25) is 0 Å². The Kier molecular flexibility index (Phi) is 4.35. The van der Waals surface area contributed by atoms with E-state index in [-0.39, 0.29) is 11.5 Å². The number of benzene rings is 2. The summed E-state index contributed by atoms with van der Waals surface area (Å²) in [4.78, 5) is 11.9. The molecule has 2 heteroatoms. The van der Waals surface area contributed by atoms with Gasteiger partial charge in [-0.25, -0.2) is 0 Å². The van der Waals surface area contributed by atoms with E-state index >= 15 is 0 Å². The quantitative estimate of drug-likeness (QED) is 0.801. The molecule has 0 fully saturated rings. The van der Waals surface area contributed by atoms with Crippen LogP contribution in [0.15, 0.2) is 48.5 Å². The number of rotatable bonds is 5. The van der Waals surface area contributed by atoms with Crippen LogP contribution in [0.1, 0.15) is 36.5 Å². The second-order valence-electron chi connectivity index (χ2n) is 4.65. The second kappa shape index (κ2) is 6.19. The molecule has 0 aliphatic heterocycles. The number of carbonyl (C=O) groups is 1. The molecule has 2 aromatic rings. The molecule has 0 atom stereocenters. The predicted molar refractivity (Wildman–Crippen MR) is 77.4 cm³/mol. The molecular formula is C17H18O2. The maximum absolute atomic E-state index is 11.9. The molecule has 0 unspecified atom stereocenters. The van der Waals surface area contributed by atoms with Crippen molar-refractivity contribution in [1.82, 2.24) is 0 Å². The SMILES string of the molecule is CCCCC(=O)c1ccc(-c2ccc(O)cc2)cc1. The van der Waals surface area contributed by atoms with Gasteiger partial charge in [0, 0.05) is 12.0 Å². The molecule has 0 aromatic heterocycles. The molecule has 2 rings (SSSR count). The third kappa shape index (κ3) is 3.44. The first-order valence-electron chi connectivity index (χ1n) is 6.63. The average molecular weight is 254 g/mol. The number of ketones is 1. The molecule has 0 spiro atoms. The summed E-state index contributed by atoms with van der Waals surface area (Å²) < 4.78 is 0. The van der Waals surface area contributed by atoms with E-state index < -0.39 is 0 Å². The fourth-order valence-corrected chi connectivity index (χ4v) is 1.98. The molecule has 0 saturated carbocycles. The lowest BCUT2D eigenvalue weighted by molar-refractivity contribution is 0.0980. The number of unbranched alkanes of at least 4 members (excludes halogenated alkanes) is 1. The molecule has 0 aliphatic carbocycles. The van der Waals surface area contributed by atoms with Gasteiger partial charge in [0.25, 0.3) is 0 Å². The smallest absolute Gasteiger partial charge is 0.162 e. The highest BCUT2D eigenvalue weighted by molar-refractivity contribution is 5.96. The summed E-state index contributed by atoms with van der Waals surface area (Å²) in [5.41, 5.74) is 2.85. The molecule has 0 amide bonds. The number of aromatic hydroxyl groups is 1. The van der Waals surface area contributed by atoms with Crippen LogP contribution < -0.4 is 0 Å². The lowest BCUT2D eigenvalue weighted by Crippen LogP contribution is -1.98. The van der Waals surface area contributed by atoms with Gasteiger partial charge in [-0.15, -0.1) is 0 Å². The standard InChI is InChI=1S/C17H18O2/c1-2-3-4-17(19)15-7-5-13(6-8-15)14-9-11-16(18)12-10-14/h5-12,18H,2-4H2,1H3. The van der Waals surface area contributed by atoms with Crippen molar-refractivity contribution in [1.29, 1.82) is 0 Å². The van der Waals surface area contributed by atoms with Crippen LogP contribution in [0.4, 0.5) is 0 Å². The molecule has 0 heterocycles. The van der Waals surface area contributed by atoms with E-state index in [9.17, 15) is 9.90 Å². The van der Waals surface area contributed by atoms with Crippen LogP contribution in [0.3, 0.4) is 0 Å². The summed E-state index contributed by atoms with van der Waals surface area (Å²) in [6.45, 7) is 2.08. The fraction of sp³-hybridized carbons (Fsp3) is 0.235. The van der Waals surface area contributed by atoms with Crippen molar-refractivity contribution in [3.8, 4) is 16.9 Å². The Balaban J connectivity index is 2.14. The Morgan fingerprint density at radius 1 is 0.947 bits per heavy atom. The highest BCUT2D eigenvalue weighted by Gasteiger charge is 2.05. The Morgan fingerprint density at radius 2 is 1.47 bits per heavy atom. The van der Waals surface area contributed by atoms with Crippen LogP contribution in [-0.4, -0.2) is 10.9 Å². The van der Waals surface area contributed by atoms with Gasteiger partial charge in [0.2, 0.25) is 0 Å².